The summed E-state index contributed by atoms with van der Waals surface area (Å²) in [5.41, 5.74) is -0.492. The first kappa shape index (κ1) is 9.92. The molecule has 0 heterocycles. The first-order valence-electron chi connectivity index (χ1n) is 4.09. The van der Waals surface area contributed by atoms with Crippen molar-refractivity contribution >= 4 is 10.2 Å². The maximum Gasteiger partial charge on any atom is 0.304 e. The van der Waals surface area contributed by atoms with Crippen molar-refractivity contribution in [2.24, 2.45) is 0 Å². The summed E-state index contributed by atoms with van der Waals surface area (Å²) < 4.78 is 33.3. The second kappa shape index (κ2) is 3.30. The van der Waals surface area contributed by atoms with Crippen LogP contribution in [-0.2, 0) is 10.2 Å². The van der Waals surface area contributed by atoms with E-state index in [2.05, 4.69) is 5.32 Å². The van der Waals surface area contributed by atoms with Gasteiger partial charge in [-0.15, -0.1) is 3.89 Å². The van der Waals surface area contributed by atoms with Gasteiger partial charge in [-0.2, -0.15) is 8.42 Å². The van der Waals surface area contributed by atoms with Crippen LogP contribution in [0.1, 0.15) is 25.7 Å². The Hall–Kier alpha value is -0.160. The number of hydrogen-bond acceptors (Lipinski definition) is 3. The van der Waals surface area contributed by atoms with Crippen LogP contribution in [0.3, 0.4) is 0 Å². The molecule has 0 amide bonds. The van der Waals surface area contributed by atoms with Gasteiger partial charge in [0.1, 0.15) is 0 Å². The molecule has 0 atom stereocenters. The fourth-order valence-electron chi connectivity index (χ4n) is 1.85. The molecule has 1 rings (SSSR count). The van der Waals surface area contributed by atoms with Gasteiger partial charge in [-0.1, -0.05) is 12.8 Å². The molecule has 5 heteroatoms. The monoisotopic (exact) mass is 195 g/mol. The lowest BCUT2D eigenvalue weighted by atomic mass is 10.0. The standard InChI is InChI=1S/C7H14FNO2S/c1-9-7(4-2-3-5-7)6-12(8,10)11/h9H,2-6H2,1H3. The molecular weight excluding hydrogens is 181 g/mol. The molecule has 0 unspecified atom stereocenters. The maximum absolute atomic E-state index is 12.4. The van der Waals surface area contributed by atoms with E-state index in [0.717, 1.165) is 25.7 Å². The summed E-state index contributed by atoms with van der Waals surface area (Å²) in [4.78, 5) is 0. The fraction of sp³-hybridized carbons (Fsp3) is 1.00. The van der Waals surface area contributed by atoms with E-state index in [1.807, 2.05) is 0 Å². The van der Waals surface area contributed by atoms with Crippen LogP contribution in [0.25, 0.3) is 0 Å². The van der Waals surface area contributed by atoms with Gasteiger partial charge >= 0.3 is 10.2 Å². The van der Waals surface area contributed by atoms with Crippen molar-refractivity contribution in [3.05, 3.63) is 0 Å². The molecule has 72 valence electrons. The zero-order chi connectivity index (χ0) is 9.24. The average molecular weight is 195 g/mol. The third-order valence-electron chi connectivity index (χ3n) is 2.54. The summed E-state index contributed by atoms with van der Waals surface area (Å²) in [5.74, 6) is -0.378. The van der Waals surface area contributed by atoms with E-state index in [0.29, 0.717) is 0 Å². The van der Waals surface area contributed by atoms with E-state index >= 15 is 0 Å². The molecule has 12 heavy (non-hydrogen) atoms. The SMILES string of the molecule is CNC1(CS(=O)(=O)F)CCCC1. The van der Waals surface area contributed by atoms with E-state index < -0.39 is 15.8 Å². The molecule has 0 spiro atoms. The van der Waals surface area contributed by atoms with Crippen molar-refractivity contribution in [3.63, 3.8) is 0 Å². The van der Waals surface area contributed by atoms with Crippen LogP contribution < -0.4 is 5.32 Å². The number of halogens is 1. The molecule has 1 N–H and O–H groups in total. The fourth-order valence-corrected chi connectivity index (χ4v) is 2.94. The van der Waals surface area contributed by atoms with Crippen LogP contribution in [-0.4, -0.2) is 26.8 Å². The van der Waals surface area contributed by atoms with Crippen molar-refractivity contribution in [2.75, 3.05) is 12.8 Å². The maximum atomic E-state index is 12.4. The second-order valence-corrected chi connectivity index (χ2v) is 4.79. The van der Waals surface area contributed by atoms with Crippen molar-refractivity contribution in [2.45, 2.75) is 31.2 Å². The molecule has 0 saturated heterocycles. The van der Waals surface area contributed by atoms with Crippen LogP contribution in [0.5, 0.6) is 0 Å². The van der Waals surface area contributed by atoms with E-state index in [1.54, 1.807) is 7.05 Å². The van der Waals surface area contributed by atoms with Crippen LogP contribution in [0.2, 0.25) is 0 Å². The van der Waals surface area contributed by atoms with Gasteiger partial charge < -0.3 is 5.32 Å². The molecule has 1 aliphatic carbocycles. The summed E-state index contributed by atoms with van der Waals surface area (Å²) in [5, 5.41) is 2.91. The number of nitrogens with one attached hydrogen (secondary N) is 1. The molecule has 0 aromatic heterocycles. The first-order chi connectivity index (χ1) is 5.47. The first-order valence-corrected chi connectivity index (χ1v) is 5.64. The van der Waals surface area contributed by atoms with Gasteiger partial charge in [-0.25, -0.2) is 0 Å². The topological polar surface area (TPSA) is 46.2 Å². The molecular formula is C7H14FNO2S. The lowest BCUT2D eigenvalue weighted by Crippen LogP contribution is -2.45. The Labute approximate surface area is 72.6 Å². The zero-order valence-corrected chi connectivity index (χ0v) is 7.95. The van der Waals surface area contributed by atoms with Gasteiger partial charge in [0.25, 0.3) is 0 Å². The molecule has 0 aliphatic heterocycles. The molecule has 0 aromatic rings. The van der Waals surface area contributed by atoms with E-state index in [1.165, 1.54) is 0 Å². The van der Waals surface area contributed by atoms with Crippen LogP contribution in [0.4, 0.5) is 3.89 Å². The lowest BCUT2D eigenvalue weighted by Gasteiger charge is -2.26. The summed E-state index contributed by atoms with van der Waals surface area (Å²) in [7, 11) is -2.65. The van der Waals surface area contributed by atoms with Gasteiger partial charge in [-0.05, 0) is 19.9 Å². The Bertz CT molecular complexity index is 244. The zero-order valence-electron chi connectivity index (χ0n) is 7.14. The van der Waals surface area contributed by atoms with Crippen molar-refractivity contribution in [3.8, 4) is 0 Å². The highest BCUT2D eigenvalue weighted by atomic mass is 32.3. The summed E-state index contributed by atoms with van der Waals surface area (Å²) in [6, 6.07) is 0. The molecule has 3 nitrogen and oxygen atoms in total. The van der Waals surface area contributed by atoms with Gasteiger partial charge in [-0.3, -0.25) is 0 Å². The van der Waals surface area contributed by atoms with Gasteiger partial charge in [0.05, 0.1) is 5.75 Å². The lowest BCUT2D eigenvalue weighted by molar-refractivity contribution is 0.391. The number of hydrogen-bond donors (Lipinski definition) is 1. The van der Waals surface area contributed by atoms with Crippen molar-refractivity contribution in [1.29, 1.82) is 0 Å². The van der Waals surface area contributed by atoms with Crippen molar-refractivity contribution < 1.29 is 12.3 Å². The second-order valence-electron chi connectivity index (χ2n) is 3.42. The molecule has 1 aliphatic rings. The Morgan fingerprint density at radius 2 is 1.92 bits per heavy atom. The minimum Gasteiger partial charge on any atom is -0.313 e. The molecule has 0 aromatic carbocycles. The average Bonchev–Trinajstić information content (AvgIpc) is 2.34. The van der Waals surface area contributed by atoms with E-state index in [4.69, 9.17) is 0 Å². The summed E-state index contributed by atoms with van der Waals surface area (Å²) in [6.45, 7) is 0. The third kappa shape index (κ3) is 2.42. The normalized spacial score (nSPS) is 22.8. The highest BCUT2D eigenvalue weighted by Crippen LogP contribution is 2.30. The molecule has 1 saturated carbocycles. The molecule has 0 radical (unpaired) electrons. The third-order valence-corrected chi connectivity index (χ3v) is 3.44. The van der Waals surface area contributed by atoms with Crippen LogP contribution in [0, 0.1) is 0 Å². The number of rotatable bonds is 3. The van der Waals surface area contributed by atoms with Crippen LogP contribution >= 0.6 is 0 Å². The van der Waals surface area contributed by atoms with Crippen LogP contribution in [0.15, 0.2) is 0 Å². The summed E-state index contributed by atoms with van der Waals surface area (Å²) in [6.07, 6.45) is 3.48. The van der Waals surface area contributed by atoms with Gasteiger partial charge in [0.2, 0.25) is 0 Å². The highest BCUT2D eigenvalue weighted by molar-refractivity contribution is 7.86. The smallest absolute Gasteiger partial charge is 0.304 e. The Balaban J connectivity index is 2.68. The highest BCUT2D eigenvalue weighted by Gasteiger charge is 2.36. The predicted octanol–water partition coefficient (Wildman–Crippen LogP) is 0.818. The summed E-state index contributed by atoms with van der Waals surface area (Å²) >= 11 is 0. The quantitative estimate of drug-likeness (QED) is 0.678. The minimum atomic E-state index is -4.34. The van der Waals surface area contributed by atoms with Gasteiger partial charge in [0.15, 0.2) is 0 Å². The Morgan fingerprint density at radius 1 is 1.42 bits per heavy atom. The van der Waals surface area contributed by atoms with E-state index in [-0.39, 0.29) is 5.75 Å². The minimum absolute atomic E-state index is 0.378. The van der Waals surface area contributed by atoms with Crippen molar-refractivity contribution in [1.82, 2.24) is 5.32 Å². The molecule has 1 fully saturated rings. The molecule has 0 bridgehead atoms. The van der Waals surface area contributed by atoms with Gasteiger partial charge in [0, 0.05) is 5.54 Å². The van der Waals surface area contributed by atoms with E-state index in [9.17, 15) is 12.3 Å². The Kier molecular flexibility index (Phi) is 2.73. The predicted molar refractivity (Wildman–Crippen MR) is 45.2 cm³/mol. The largest absolute Gasteiger partial charge is 0.313 e. The Morgan fingerprint density at radius 3 is 2.25 bits per heavy atom.